The predicted molar refractivity (Wildman–Crippen MR) is 74.6 cm³/mol. The van der Waals surface area contributed by atoms with Crippen LogP contribution in [0.25, 0.3) is 10.9 Å². The Bertz CT molecular complexity index is 677. The molecule has 19 heavy (non-hydrogen) atoms. The van der Waals surface area contributed by atoms with Crippen molar-refractivity contribution in [3.05, 3.63) is 72.2 Å². The topological polar surface area (TPSA) is 46.0 Å². The average molecular weight is 250 g/mol. The summed E-state index contributed by atoms with van der Waals surface area (Å²) in [5.41, 5.74) is 2.84. The summed E-state index contributed by atoms with van der Waals surface area (Å²) in [4.78, 5) is 8.38. The molecule has 0 amide bonds. The highest BCUT2D eigenvalue weighted by Crippen LogP contribution is 2.25. The van der Waals surface area contributed by atoms with Gasteiger partial charge < -0.3 is 5.11 Å². The van der Waals surface area contributed by atoms with Gasteiger partial charge in [-0.1, -0.05) is 24.3 Å². The Balaban J connectivity index is 1.96. The van der Waals surface area contributed by atoms with E-state index in [4.69, 9.17) is 0 Å². The second-order valence-electron chi connectivity index (χ2n) is 4.50. The van der Waals surface area contributed by atoms with E-state index < -0.39 is 6.10 Å². The fourth-order valence-electron chi connectivity index (χ4n) is 2.27. The fourth-order valence-corrected chi connectivity index (χ4v) is 2.27. The second kappa shape index (κ2) is 5.16. The van der Waals surface area contributed by atoms with Crippen LogP contribution in [0.3, 0.4) is 0 Å². The number of rotatable bonds is 3. The monoisotopic (exact) mass is 250 g/mol. The van der Waals surface area contributed by atoms with E-state index in [9.17, 15) is 5.11 Å². The van der Waals surface area contributed by atoms with E-state index in [1.807, 2.05) is 42.5 Å². The van der Waals surface area contributed by atoms with Crippen molar-refractivity contribution in [1.82, 2.24) is 9.97 Å². The molecule has 3 heteroatoms. The van der Waals surface area contributed by atoms with Crippen molar-refractivity contribution in [3.8, 4) is 0 Å². The Morgan fingerprint density at radius 2 is 1.89 bits per heavy atom. The number of fused-ring (bicyclic) bond motifs is 1. The van der Waals surface area contributed by atoms with Gasteiger partial charge in [-0.25, -0.2) is 0 Å². The summed E-state index contributed by atoms with van der Waals surface area (Å²) < 4.78 is 0. The van der Waals surface area contributed by atoms with Gasteiger partial charge in [0.2, 0.25) is 0 Å². The number of nitrogens with zero attached hydrogens (tertiary/aromatic N) is 2. The van der Waals surface area contributed by atoms with Crippen LogP contribution in [-0.4, -0.2) is 15.1 Å². The molecule has 0 fully saturated rings. The Hall–Kier alpha value is -2.26. The first-order valence-electron chi connectivity index (χ1n) is 6.25. The zero-order valence-electron chi connectivity index (χ0n) is 10.4. The Labute approximate surface area is 111 Å². The molecule has 1 N–H and O–H groups in total. The Kier molecular flexibility index (Phi) is 3.21. The normalized spacial score (nSPS) is 12.5. The number of pyridine rings is 2. The van der Waals surface area contributed by atoms with E-state index in [2.05, 4.69) is 9.97 Å². The highest BCUT2D eigenvalue weighted by Gasteiger charge is 2.12. The molecule has 0 saturated carbocycles. The third-order valence-corrected chi connectivity index (χ3v) is 3.19. The third-order valence-electron chi connectivity index (χ3n) is 3.19. The van der Waals surface area contributed by atoms with Gasteiger partial charge in [0.15, 0.2) is 0 Å². The molecular formula is C16H14N2O. The smallest absolute Gasteiger partial charge is 0.0837 e. The van der Waals surface area contributed by atoms with E-state index in [-0.39, 0.29) is 0 Å². The Morgan fingerprint density at radius 3 is 2.74 bits per heavy atom. The first-order chi connectivity index (χ1) is 9.34. The van der Waals surface area contributed by atoms with Crippen LogP contribution in [0.4, 0.5) is 0 Å². The van der Waals surface area contributed by atoms with Gasteiger partial charge in [0.05, 0.1) is 11.6 Å². The molecule has 2 heterocycles. The molecular weight excluding hydrogens is 236 g/mol. The Morgan fingerprint density at radius 1 is 1.00 bits per heavy atom. The molecule has 0 aliphatic heterocycles. The molecule has 2 aromatic heterocycles. The maximum Gasteiger partial charge on any atom is 0.0837 e. The van der Waals surface area contributed by atoms with Gasteiger partial charge in [-0.2, -0.15) is 0 Å². The van der Waals surface area contributed by atoms with Crippen molar-refractivity contribution in [2.24, 2.45) is 0 Å². The zero-order chi connectivity index (χ0) is 13.1. The van der Waals surface area contributed by atoms with Crippen LogP contribution < -0.4 is 0 Å². The van der Waals surface area contributed by atoms with E-state index in [0.717, 1.165) is 22.0 Å². The zero-order valence-corrected chi connectivity index (χ0v) is 10.4. The number of hydrogen-bond donors (Lipinski definition) is 1. The minimum Gasteiger partial charge on any atom is -0.388 e. The van der Waals surface area contributed by atoms with Crippen LogP contribution in [-0.2, 0) is 6.42 Å². The highest BCUT2D eigenvalue weighted by atomic mass is 16.3. The highest BCUT2D eigenvalue weighted by molar-refractivity contribution is 5.82. The average Bonchev–Trinajstić information content (AvgIpc) is 2.47. The molecule has 94 valence electrons. The lowest BCUT2D eigenvalue weighted by molar-refractivity contribution is 0.180. The number of aliphatic hydroxyl groups excluding tert-OH is 1. The van der Waals surface area contributed by atoms with E-state index >= 15 is 0 Å². The lowest BCUT2D eigenvalue weighted by atomic mass is 9.98. The number of hydrogen-bond acceptors (Lipinski definition) is 3. The minimum absolute atomic E-state index is 0.544. The van der Waals surface area contributed by atoms with Crippen LogP contribution in [0, 0.1) is 0 Å². The van der Waals surface area contributed by atoms with Crippen molar-refractivity contribution in [2.75, 3.05) is 0 Å². The van der Waals surface area contributed by atoms with Gasteiger partial charge in [0, 0.05) is 30.4 Å². The number of benzene rings is 1. The third kappa shape index (κ3) is 2.46. The summed E-state index contributed by atoms with van der Waals surface area (Å²) in [6.07, 6.45) is 5.29. The summed E-state index contributed by atoms with van der Waals surface area (Å²) in [7, 11) is 0. The lowest BCUT2D eigenvalue weighted by Crippen LogP contribution is -2.03. The maximum atomic E-state index is 10.4. The molecule has 3 aromatic rings. The second-order valence-corrected chi connectivity index (χ2v) is 4.50. The van der Waals surface area contributed by atoms with Gasteiger partial charge in [0.25, 0.3) is 0 Å². The van der Waals surface area contributed by atoms with Crippen LogP contribution in [0.1, 0.15) is 17.2 Å². The van der Waals surface area contributed by atoms with Gasteiger partial charge >= 0.3 is 0 Å². The lowest BCUT2D eigenvalue weighted by Gasteiger charge is -2.13. The van der Waals surface area contributed by atoms with Gasteiger partial charge in [0.1, 0.15) is 0 Å². The van der Waals surface area contributed by atoms with Gasteiger partial charge in [-0.3, -0.25) is 9.97 Å². The number of aromatic nitrogens is 2. The van der Waals surface area contributed by atoms with Gasteiger partial charge in [-0.15, -0.1) is 0 Å². The molecule has 0 aliphatic carbocycles. The largest absolute Gasteiger partial charge is 0.388 e. The summed E-state index contributed by atoms with van der Waals surface area (Å²) in [6, 6.07) is 13.6. The fraction of sp³-hybridized carbons (Fsp3) is 0.125. The minimum atomic E-state index is -0.544. The summed E-state index contributed by atoms with van der Waals surface area (Å²) in [6.45, 7) is 0. The molecule has 1 aromatic carbocycles. The summed E-state index contributed by atoms with van der Waals surface area (Å²) in [5, 5.41) is 11.4. The van der Waals surface area contributed by atoms with Crippen molar-refractivity contribution in [3.63, 3.8) is 0 Å². The van der Waals surface area contributed by atoms with Crippen molar-refractivity contribution < 1.29 is 5.11 Å². The van der Waals surface area contributed by atoms with Crippen molar-refractivity contribution in [2.45, 2.75) is 12.5 Å². The van der Waals surface area contributed by atoms with Crippen molar-refractivity contribution in [1.29, 1.82) is 0 Å². The number of aliphatic hydroxyl groups is 1. The molecule has 0 bridgehead atoms. The maximum absolute atomic E-state index is 10.4. The molecule has 0 radical (unpaired) electrons. The van der Waals surface area contributed by atoms with Crippen LogP contribution in [0.5, 0.6) is 0 Å². The summed E-state index contributed by atoms with van der Waals surface area (Å²) in [5.74, 6) is 0. The first-order valence-corrected chi connectivity index (χ1v) is 6.25. The molecule has 1 atom stereocenters. The molecule has 0 saturated heterocycles. The van der Waals surface area contributed by atoms with Gasteiger partial charge in [-0.05, 0) is 29.3 Å². The van der Waals surface area contributed by atoms with E-state index in [0.29, 0.717) is 6.42 Å². The van der Waals surface area contributed by atoms with Crippen LogP contribution >= 0.6 is 0 Å². The first kappa shape index (κ1) is 11.8. The van der Waals surface area contributed by atoms with E-state index in [1.54, 1.807) is 18.6 Å². The van der Waals surface area contributed by atoms with E-state index in [1.165, 1.54) is 0 Å². The standard InChI is InChI=1S/C16H14N2O/c19-16(10-12-4-2-8-17-11-12)14-5-1-7-15-13(14)6-3-9-18-15/h1-9,11,16,19H,10H2. The SMILES string of the molecule is OC(Cc1cccnc1)c1cccc2ncccc12. The molecule has 3 rings (SSSR count). The summed E-state index contributed by atoms with van der Waals surface area (Å²) >= 11 is 0. The van der Waals surface area contributed by atoms with Crippen molar-refractivity contribution >= 4 is 10.9 Å². The predicted octanol–water partition coefficient (Wildman–Crippen LogP) is 2.91. The molecule has 3 nitrogen and oxygen atoms in total. The molecule has 1 unspecified atom stereocenters. The van der Waals surface area contributed by atoms with Crippen LogP contribution in [0.15, 0.2) is 61.1 Å². The quantitative estimate of drug-likeness (QED) is 0.777. The molecule has 0 spiro atoms. The van der Waals surface area contributed by atoms with Crippen LogP contribution in [0.2, 0.25) is 0 Å². The molecule has 0 aliphatic rings.